The Kier molecular flexibility index (Phi) is 13.2. The van der Waals surface area contributed by atoms with Crippen molar-refractivity contribution >= 4 is 5.69 Å². The summed E-state index contributed by atoms with van der Waals surface area (Å²) in [4.78, 5) is 11.1. The molecule has 0 bridgehead atoms. The number of non-ortho nitro benzene ring substituents is 1. The number of benzene rings is 2. The van der Waals surface area contributed by atoms with E-state index in [1.165, 1.54) is 70.0 Å². The minimum absolute atomic E-state index is 0.161. The molecule has 0 aromatic heterocycles. The number of rotatable bonds is 19. The molecule has 0 saturated carbocycles. The van der Waals surface area contributed by atoms with Gasteiger partial charge in [0, 0.05) is 30.5 Å². The third-order valence-electron chi connectivity index (χ3n) is 8.30. The molecule has 200 valence electrons. The second kappa shape index (κ2) is 15.8. The van der Waals surface area contributed by atoms with E-state index in [0.29, 0.717) is 0 Å². The molecule has 0 heterocycles. The van der Waals surface area contributed by atoms with E-state index in [-0.39, 0.29) is 16.1 Å². The molecule has 4 nitrogen and oxygen atoms in total. The van der Waals surface area contributed by atoms with Crippen LogP contribution in [-0.2, 0) is 13.0 Å². The maximum Gasteiger partial charge on any atom is 0.269 e. The standard InChI is InChI=1S/C32H51N2O2/c1-5-9-10-11-12-16-26-34(25-7-3,28-30-18-14-13-15-19-30)32(8-4,23-6-2)24-22-29-20-17-21-31(27-29)33(35)36/h13-15,17-21,27H,5-12,16,22-26,28H2,1-4H3/q+1. The molecule has 4 heteroatoms. The maximum absolute atomic E-state index is 11.4. The van der Waals surface area contributed by atoms with E-state index in [9.17, 15) is 10.1 Å². The maximum atomic E-state index is 11.4. The highest BCUT2D eigenvalue weighted by atomic mass is 16.6. The van der Waals surface area contributed by atoms with Gasteiger partial charge in [0.2, 0.25) is 0 Å². The van der Waals surface area contributed by atoms with E-state index in [4.69, 9.17) is 0 Å². The van der Waals surface area contributed by atoms with Gasteiger partial charge >= 0.3 is 0 Å². The van der Waals surface area contributed by atoms with Crippen molar-refractivity contribution in [2.75, 3.05) is 13.1 Å². The lowest BCUT2D eigenvalue weighted by Crippen LogP contribution is -2.64. The van der Waals surface area contributed by atoms with Crippen molar-refractivity contribution in [3.8, 4) is 0 Å². The summed E-state index contributed by atoms with van der Waals surface area (Å²) < 4.78 is 1.14. The first-order chi connectivity index (χ1) is 17.5. The molecule has 0 amide bonds. The molecule has 0 saturated heterocycles. The fraction of sp³-hybridized carbons (Fsp3) is 0.625. The van der Waals surface area contributed by atoms with Crippen LogP contribution in [0.1, 0.15) is 109 Å². The first kappa shape index (κ1) is 30.0. The van der Waals surface area contributed by atoms with Gasteiger partial charge < -0.3 is 4.48 Å². The number of nitrogens with zero attached hydrogens (tertiary/aromatic N) is 2. The van der Waals surface area contributed by atoms with Gasteiger partial charge in [-0.05, 0) is 37.7 Å². The zero-order chi connectivity index (χ0) is 26.3. The molecule has 0 radical (unpaired) electrons. The van der Waals surface area contributed by atoms with Crippen molar-refractivity contribution < 1.29 is 9.41 Å². The van der Waals surface area contributed by atoms with Gasteiger partial charge in [0.15, 0.2) is 0 Å². The van der Waals surface area contributed by atoms with Gasteiger partial charge in [-0.15, -0.1) is 0 Å². The van der Waals surface area contributed by atoms with Gasteiger partial charge in [-0.25, -0.2) is 0 Å². The first-order valence-electron chi connectivity index (χ1n) is 14.6. The van der Waals surface area contributed by atoms with Gasteiger partial charge in [0.05, 0.1) is 23.6 Å². The van der Waals surface area contributed by atoms with Crippen LogP contribution in [0.4, 0.5) is 5.69 Å². The Balaban J connectivity index is 2.40. The van der Waals surface area contributed by atoms with Crippen LogP contribution in [0.15, 0.2) is 54.6 Å². The molecule has 2 aromatic rings. The summed E-state index contributed by atoms with van der Waals surface area (Å²) in [5.41, 5.74) is 2.89. The summed E-state index contributed by atoms with van der Waals surface area (Å²) in [7, 11) is 0. The smallest absolute Gasteiger partial charge is 0.269 e. The van der Waals surface area contributed by atoms with Crippen LogP contribution >= 0.6 is 0 Å². The van der Waals surface area contributed by atoms with E-state index in [1.807, 2.05) is 6.07 Å². The minimum Gasteiger partial charge on any atom is -0.315 e. The van der Waals surface area contributed by atoms with Crippen LogP contribution in [0.3, 0.4) is 0 Å². The van der Waals surface area contributed by atoms with E-state index < -0.39 is 0 Å². The number of nitro benzene ring substituents is 1. The Labute approximate surface area is 220 Å². The highest BCUT2D eigenvalue weighted by Crippen LogP contribution is 2.41. The fourth-order valence-electron chi connectivity index (χ4n) is 6.42. The van der Waals surface area contributed by atoms with Crippen LogP contribution in [0.25, 0.3) is 0 Å². The predicted molar refractivity (Wildman–Crippen MR) is 153 cm³/mol. The Bertz CT molecular complexity index is 885. The van der Waals surface area contributed by atoms with Gasteiger partial charge in [-0.3, -0.25) is 10.1 Å². The third-order valence-corrected chi connectivity index (χ3v) is 8.30. The first-order valence-corrected chi connectivity index (χ1v) is 14.6. The van der Waals surface area contributed by atoms with Gasteiger partial charge in [0.25, 0.3) is 5.69 Å². The molecule has 2 atom stereocenters. The van der Waals surface area contributed by atoms with Crippen LogP contribution in [0.2, 0.25) is 0 Å². The Hall–Kier alpha value is -2.20. The largest absolute Gasteiger partial charge is 0.315 e. The highest BCUT2D eigenvalue weighted by molar-refractivity contribution is 5.34. The molecule has 36 heavy (non-hydrogen) atoms. The number of hydrogen-bond acceptors (Lipinski definition) is 2. The Morgan fingerprint density at radius 1 is 0.750 bits per heavy atom. The number of quaternary nitrogens is 1. The van der Waals surface area contributed by atoms with Crippen molar-refractivity contribution in [3.63, 3.8) is 0 Å². The summed E-state index contributed by atoms with van der Waals surface area (Å²) in [6.07, 6.45) is 14.5. The van der Waals surface area contributed by atoms with Crippen molar-refractivity contribution in [1.29, 1.82) is 0 Å². The molecule has 0 aliphatic heterocycles. The number of nitro groups is 1. The minimum atomic E-state index is -0.270. The van der Waals surface area contributed by atoms with Gasteiger partial charge in [-0.1, -0.05) is 102 Å². The van der Waals surface area contributed by atoms with Gasteiger partial charge in [0.1, 0.15) is 6.54 Å². The number of aryl methyl sites for hydroxylation is 1. The molecule has 0 spiro atoms. The fourth-order valence-corrected chi connectivity index (χ4v) is 6.42. The summed E-state index contributed by atoms with van der Waals surface area (Å²) in [5, 5.41) is 11.4. The number of hydrogen-bond donors (Lipinski definition) is 0. The average molecular weight is 496 g/mol. The molecule has 2 aromatic carbocycles. The van der Waals surface area contributed by atoms with Gasteiger partial charge in [-0.2, -0.15) is 0 Å². The predicted octanol–water partition coefficient (Wildman–Crippen LogP) is 9.26. The van der Waals surface area contributed by atoms with Crippen LogP contribution in [0.5, 0.6) is 0 Å². The van der Waals surface area contributed by atoms with E-state index in [2.05, 4.69) is 64.1 Å². The second-order valence-electron chi connectivity index (χ2n) is 10.8. The zero-order valence-corrected chi connectivity index (χ0v) is 23.5. The highest BCUT2D eigenvalue weighted by Gasteiger charge is 2.47. The van der Waals surface area contributed by atoms with E-state index in [0.717, 1.165) is 42.3 Å². The molecule has 2 rings (SSSR count). The molecule has 0 N–H and O–H groups in total. The Morgan fingerprint density at radius 3 is 2.08 bits per heavy atom. The van der Waals surface area contributed by atoms with Crippen molar-refractivity contribution in [1.82, 2.24) is 0 Å². The summed E-state index contributed by atoms with van der Waals surface area (Å²) in [5.74, 6) is 0. The lowest BCUT2D eigenvalue weighted by molar-refractivity contribution is -0.990. The van der Waals surface area contributed by atoms with Crippen LogP contribution in [0, 0.1) is 10.1 Å². The summed E-state index contributed by atoms with van der Waals surface area (Å²) >= 11 is 0. The van der Waals surface area contributed by atoms with E-state index in [1.54, 1.807) is 12.1 Å². The molecular weight excluding hydrogens is 444 g/mol. The molecular formula is C32H51N2O2+. The topological polar surface area (TPSA) is 43.1 Å². The summed E-state index contributed by atoms with van der Waals surface area (Å²) in [6.45, 7) is 12.8. The van der Waals surface area contributed by atoms with Crippen molar-refractivity contribution in [2.45, 2.75) is 117 Å². The molecule has 0 fully saturated rings. The lowest BCUT2D eigenvalue weighted by Gasteiger charge is -2.54. The Morgan fingerprint density at radius 2 is 1.44 bits per heavy atom. The lowest BCUT2D eigenvalue weighted by atomic mass is 9.79. The zero-order valence-electron chi connectivity index (χ0n) is 23.5. The molecule has 2 unspecified atom stereocenters. The SMILES string of the molecule is CCCCCCCC[N+](CCC)(Cc1ccccc1)C(CC)(CCC)CCc1cccc([N+](=O)[O-])c1. The molecule has 0 aliphatic carbocycles. The molecule has 0 aliphatic rings. The second-order valence-corrected chi connectivity index (χ2v) is 10.8. The summed E-state index contributed by atoms with van der Waals surface area (Å²) in [6, 6.07) is 18.4. The normalized spacial score (nSPS) is 14.8. The third kappa shape index (κ3) is 8.44. The van der Waals surface area contributed by atoms with E-state index >= 15 is 0 Å². The van der Waals surface area contributed by atoms with Crippen molar-refractivity contribution in [2.24, 2.45) is 0 Å². The average Bonchev–Trinajstić information content (AvgIpc) is 2.89. The van der Waals surface area contributed by atoms with Crippen molar-refractivity contribution in [3.05, 3.63) is 75.8 Å². The monoisotopic (exact) mass is 495 g/mol. The number of unbranched alkanes of at least 4 members (excludes halogenated alkanes) is 5. The van der Waals surface area contributed by atoms with Crippen LogP contribution < -0.4 is 0 Å². The van der Waals surface area contributed by atoms with Crippen LogP contribution in [-0.4, -0.2) is 28.0 Å². The quantitative estimate of drug-likeness (QED) is 0.0843.